The minimum Gasteiger partial charge on any atom is -0.355 e. The summed E-state index contributed by atoms with van der Waals surface area (Å²) in [6.45, 7) is 3.97. The molecule has 148 valence electrons. The van der Waals surface area contributed by atoms with E-state index in [1.165, 1.54) is 29.1 Å². The maximum Gasteiger partial charge on any atom is 0.226 e. The van der Waals surface area contributed by atoms with Crippen molar-refractivity contribution in [1.29, 1.82) is 0 Å². The third-order valence-corrected chi connectivity index (χ3v) is 7.98. The first-order valence-corrected chi connectivity index (χ1v) is 12.3. The van der Waals surface area contributed by atoms with Crippen LogP contribution in [0.3, 0.4) is 0 Å². The monoisotopic (exact) mass is 451 g/mol. The first kappa shape index (κ1) is 20.0. The molecule has 4 heterocycles. The number of nitrogens with zero attached hydrogens (tertiary/aromatic N) is 2. The van der Waals surface area contributed by atoms with Gasteiger partial charge in [-0.1, -0.05) is 17.7 Å². The molecule has 3 aromatic heterocycles. The molecule has 0 aliphatic carbocycles. The van der Waals surface area contributed by atoms with Gasteiger partial charge in [0.1, 0.15) is 5.01 Å². The normalized spacial score (nSPS) is 17.7. The van der Waals surface area contributed by atoms with Crippen molar-refractivity contribution >= 4 is 51.5 Å². The SMILES string of the molecule is O=C(Cc1csc(-c2ccc(Cl)s2)n1)NCC1CCCN(Cc2cccs2)C1. The average Bonchev–Trinajstić information content (AvgIpc) is 3.43. The van der Waals surface area contributed by atoms with Gasteiger partial charge >= 0.3 is 0 Å². The van der Waals surface area contributed by atoms with Crippen LogP contribution in [0.2, 0.25) is 4.34 Å². The predicted octanol–water partition coefficient (Wildman–Crippen LogP) is 5.16. The zero-order valence-corrected chi connectivity index (χ0v) is 18.6. The van der Waals surface area contributed by atoms with Crippen LogP contribution < -0.4 is 5.32 Å². The van der Waals surface area contributed by atoms with Crippen molar-refractivity contribution in [3.63, 3.8) is 0 Å². The number of amides is 1. The molecular formula is C20H22ClN3OS3. The Morgan fingerprint density at radius 1 is 1.32 bits per heavy atom. The molecule has 0 saturated carbocycles. The van der Waals surface area contributed by atoms with E-state index in [1.807, 2.05) is 28.8 Å². The van der Waals surface area contributed by atoms with Crippen molar-refractivity contribution in [3.05, 3.63) is 49.9 Å². The maximum atomic E-state index is 12.4. The van der Waals surface area contributed by atoms with Crippen LogP contribution >= 0.6 is 45.6 Å². The number of thiophene rings is 2. The van der Waals surface area contributed by atoms with Crippen LogP contribution in [-0.2, 0) is 17.8 Å². The summed E-state index contributed by atoms with van der Waals surface area (Å²) in [5.41, 5.74) is 0.824. The number of thiazole rings is 1. The lowest BCUT2D eigenvalue weighted by Gasteiger charge is -2.32. The van der Waals surface area contributed by atoms with E-state index in [0.29, 0.717) is 12.3 Å². The Bertz CT molecular complexity index is 906. The lowest BCUT2D eigenvalue weighted by molar-refractivity contribution is -0.120. The Morgan fingerprint density at radius 3 is 3.04 bits per heavy atom. The van der Waals surface area contributed by atoms with E-state index in [1.54, 1.807) is 11.3 Å². The molecule has 1 amide bonds. The number of hydrogen-bond acceptors (Lipinski definition) is 6. The number of hydrogen-bond donors (Lipinski definition) is 1. The molecule has 4 nitrogen and oxygen atoms in total. The lowest BCUT2D eigenvalue weighted by atomic mass is 9.98. The van der Waals surface area contributed by atoms with Gasteiger partial charge in [-0.25, -0.2) is 4.98 Å². The zero-order chi connectivity index (χ0) is 19.3. The quantitative estimate of drug-likeness (QED) is 0.539. The molecule has 1 fully saturated rings. The molecule has 1 aliphatic heterocycles. The fraction of sp³-hybridized carbons (Fsp3) is 0.400. The van der Waals surface area contributed by atoms with Crippen molar-refractivity contribution in [3.8, 4) is 9.88 Å². The van der Waals surface area contributed by atoms with Gasteiger partial charge in [-0.05, 0) is 48.9 Å². The van der Waals surface area contributed by atoms with E-state index in [2.05, 4.69) is 32.7 Å². The predicted molar refractivity (Wildman–Crippen MR) is 119 cm³/mol. The summed E-state index contributed by atoms with van der Waals surface area (Å²) < 4.78 is 0.755. The molecular weight excluding hydrogens is 430 g/mol. The third-order valence-electron chi connectivity index (χ3n) is 4.83. The van der Waals surface area contributed by atoms with Crippen molar-refractivity contribution in [2.75, 3.05) is 19.6 Å². The minimum absolute atomic E-state index is 0.0523. The van der Waals surface area contributed by atoms with Crippen molar-refractivity contribution < 1.29 is 4.79 Å². The highest BCUT2D eigenvalue weighted by molar-refractivity contribution is 7.23. The Labute approximate surface area is 182 Å². The number of nitrogens with one attached hydrogen (secondary N) is 1. The fourth-order valence-electron chi connectivity index (χ4n) is 3.50. The van der Waals surface area contributed by atoms with Gasteiger partial charge in [0.15, 0.2) is 0 Å². The average molecular weight is 452 g/mol. The molecule has 28 heavy (non-hydrogen) atoms. The summed E-state index contributed by atoms with van der Waals surface area (Å²) in [6.07, 6.45) is 2.72. The summed E-state index contributed by atoms with van der Waals surface area (Å²) >= 11 is 10.9. The Hall–Kier alpha value is -1.25. The van der Waals surface area contributed by atoms with Crippen molar-refractivity contribution in [1.82, 2.24) is 15.2 Å². The molecule has 0 radical (unpaired) electrons. The van der Waals surface area contributed by atoms with Crippen LogP contribution in [-0.4, -0.2) is 35.4 Å². The van der Waals surface area contributed by atoms with Crippen molar-refractivity contribution in [2.45, 2.75) is 25.8 Å². The van der Waals surface area contributed by atoms with E-state index in [-0.39, 0.29) is 5.91 Å². The molecule has 1 unspecified atom stereocenters. The second-order valence-electron chi connectivity index (χ2n) is 7.05. The summed E-state index contributed by atoms with van der Waals surface area (Å²) in [4.78, 5) is 21.9. The van der Waals surface area contributed by atoms with Gasteiger partial charge in [-0.15, -0.1) is 34.0 Å². The van der Waals surface area contributed by atoms with Crippen molar-refractivity contribution in [2.24, 2.45) is 5.92 Å². The summed E-state index contributed by atoms with van der Waals surface area (Å²) in [7, 11) is 0. The molecule has 1 aliphatic rings. The summed E-state index contributed by atoms with van der Waals surface area (Å²) in [6, 6.07) is 8.16. The Morgan fingerprint density at radius 2 is 2.25 bits per heavy atom. The van der Waals surface area contributed by atoms with Gasteiger partial charge in [0.25, 0.3) is 0 Å². The largest absolute Gasteiger partial charge is 0.355 e. The molecule has 1 N–H and O–H groups in total. The highest BCUT2D eigenvalue weighted by Crippen LogP contribution is 2.33. The third kappa shape index (κ3) is 5.42. The smallest absolute Gasteiger partial charge is 0.226 e. The van der Waals surface area contributed by atoms with Crippen LogP contribution in [0.5, 0.6) is 0 Å². The molecule has 1 atom stereocenters. The van der Waals surface area contributed by atoms with Crippen LogP contribution in [0.15, 0.2) is 35.0 Å². The van der Waals surface area contributed by atoms with Gasteiger partial charge in [-0.3, -0.25) is 9.69 Å². The summed E-state index contributed by atoms with van der Waals surface area (Å²) in [5, 5.41) is 8.14. The molecule has 0 spiro atoms. The Kier molecular flexibility index (Phi) is 6.80. The van der Waals surface area contributed by atoms with Gasteiger partial charge in [0, 0.05) is 29.9 Å². The fourth-order valence-corrected chi connectivity index (χ4v) is 6.18. The maximum absolute atomic E-state index is 12.4. The molecule has 1 saturated heterocycles. The molecule has 0 bridgehead atoms. The van der Waals surface area contributed by atoms with E-state index in [0.717, 1.165) is 46.1 Å². The number of rotatable bonds is 7. The van der Waals surface area contributed by atoms with Gasteiger partial charge in [-0.2, -0.15) is 0 Å². The topological polar surface area (TPSA) is 45.2 Å². The minimum atomic E-state index is 0.0523. The molecule has 4 rings (SSSR count). The first-order valence-electron chi connectivity index (χ1n) is 9.37. The van der Waals surface area contributed by atoms with Gasteiger partial charge in [0.2, 0.25) is 5.91 Å². The van der Waals surface area contributed by atoms with E-state index < -0.39 is 0 Å². The van der Waals surface area contributed by atoms with Crippen LogP contribution in [0, 0.1) is 5.92 Å². The first-order chi connectivity index (χ1) is 13.7. The number of halogens is 1. The standard InChI is InChI=1S/C20H22ClN3OS3/c21-18-6-5-17(28-18)20-23-15(13-27-20)9-19(25)22-10-14-3-1-7-24(11-14)12-16-4-2-8-26-16/h2,4-6,8,13-14H,1,3,7,9-12H2,(H,22,25). The number of piperidine rings is 1. The number of carbonyl (C=O) groups excluding carboxylic acids is 1. The molecule has 8 heteroatoms. The lowest BCUT2D eigenvalue weighted by Crippen LogP contribution is -2.40. The van der Waals surface area contributed by atoms with E-state index in [9.17, 15) is 4.79 Å². The number of carbonyl (C=O) groups is 1. The highest BCUT2D eigenvalue weighted by Gasteiger charge is 2.21. The van der Waals surface area contributed by atoms with Crippen LogP contribution in [0.4, 0.5) is 0 Å². The zero-order valence-electron chi connectivity index (χ0n) is 15.4. The summed E-state index contributed by atoms with van der Waals surface area (Å²) in [5.74, 6) is 0.577. The van der Waals surface area contributed by atoms with Crippen LogP contribution in [0.25, 0.3) is 9.88 Å². The number of likely N-dealkylation sites (tertiary alicyclic amines) is 1. The van der Waals surface area contributed by atoms with Gasteiger partial charge in [0.05, 0.1) is 21.3 Å². The Balaban J connectivity index is 1.23. The number of aromatic nitrogens is 1. The van der Waals surface area contributed by atoms with E-state index in [4.69, 9.17) is 11.6 Å². The van der Waals surface area contributed by atoms with Gasteiger partial charge < -0.3 is 5.32 Å². The van der Waals surface area contributed by atoms with Crippen LogP contribution in [0.1, 0.15) is 23.4 Å². The molecule has 3 aromatic rings. The second kappa shape index (κ2) is 9.50. The van der Waals surface area contributed by atoms with E-state index >= 15 is 0 Å². The highest BCUT2D eigenvalue weighted by atomic mass is 35.5. The second-order valence-corrected chi connectivity index (χ2v) is 10.7. The molecule has 0 aromatic carbocycles.